The van der Waals surface area contributed by atoms with Crippen molar-refractivity contribution in [3.63, 3.8) is 0 Å². The molecule has 0 saturated carbocycles. The summed E-state index contributed by atoms with van der Waals surface area (Å²) in [5.41, 5.74) is 5.76. The van der Waals surface area contributed by atoms with Gasteiger partial charge in [0.2, 0.25) is 0 Å². The summed E-state index contributed by atoms with van der Waals surface area (Å²) in [5.74, 6) is 0. The van der Waals surface area contributed by atoms with Gasteiger partial charge in [-0.2, -0.15) is 0 Å². The molecule has 1 atom stereocenters. The molecule has 2 heteroatoms. The Morgan fingerprint density at radius 1 is 1.30 bits per heavy atom. The standard InChI is InChI=1S/C8H20N2/c1-3-5-8(9)7-10-6-4-2/h8,10H,3-7,9H2,1-2H3. The van der Waals surface area contributed by atoms with Gasteiger partial charge in [-0.15, -0.1) is 0 Å². The monoisotopic (exact) mass is 144 g/mol. The van der Waals surface area contributed by atoms with Gasteiger partial charge < -0.3 is 11.1 Å². The molecule has 10 heavy (non-hydrogen) atoms. The van der Waals surface area contributed by atoms with Crippen molar-refractivity contribution in [3.8, 4) is 0 Å². The van der Waals surface area contributed by atoms with Gasteiger partial charge in [0.1, 0.15) is 0 Å². The third-order valence-electron chi connectivity index (χ3n) is 1.49. The Labute approximate surface area is 64.2 Å². The van der Waals surface area contributed by atoms with Crippen molar-refractivity contribution in [3.05, 3.63) is 0 Å². The van der Waals surface area contributed by atoms with Crippen molar-refractivity contribution in [2.24, 2.45) is 5.73 Å². The molecule has 0 fully saturated rings. The van der Waals surface area contributed by atoms with Crippen molar-refractivity contribution >= 4 is 0 Å². The minimum Gasteiger partial charge on any atom is -0.327 e. The number of rotatable bonds is 6. The Kier molecular flexibility index (Phi) is 6.98. The van der Waals surface area contributed by atoms with Gasteiger partial charge in [-0.25, -0.2) is 0 Å². The second-order valence-electron chi connectivity index (χ2n) is 2.75. The van der Waals surface area contributed by atoms with E-state index < -0.39 is 0 Å². The fraction of sp³-hybridized carbons (Fsp3) is 1.00. The fourth-order valence-electron chi connectivity index (χ4n) is 0.937. The SMILES string of the molecule is CCCNCC(N)CCC. The van der Waals surface area contributed by atoms with Crippen LogP contribution in [0.25, 0.3) is 0 Å². The summed E-state index contributed by atoms with van der Waals surface area (Å²) < 4.78 is 0. The smallest absolute Gasteiger partial charge is 0.0165 e. The van der Waals surface area contributed by atoms with E-state index in [2.05, 4.69) is 19.2 Å². The molecule has 0 aromatic carbocycles. The predicted molar refractivity (Wildman–Crippen MR) is 46.0 cm³/mol. The Bertz CT molecular complexity index is 64.3. The van der Waals surface area contributed by atoms with Crippen LogP contribution in [0.15, 0.2) is 0 Å². The van der Waals surface area contributed by atoms with Gasteiger partial charge in [-0.3, -0.25) is 0 Å². The molecule has 0 bridgehead atoms. The second kappa shape index (κ2) is 7.03. The van der Waals surface area contributed by atoms with Crippen LogP contribution in [0.2, 0.25) is 0 Å². The van der Waals surface area contributed by atoms with E-state index in [9.17, 15) is 0 Å². The third kappa shape index (κ3) is 6.05. The molecule has 1 unspecified atom stereocenters. The van der Waals surface area contributed by atoms with E-state index in [-0.39, 0.29) is 0 Å². The highest BCUT2D eigenvalue weighted by Gasteiger charge is 1.97. The lowest BCUT2D eigenvalue weighted by molar-refractivity contribution is 0.538. The number of nitrogens with two attached hydrogens (primary N) is 1. The summed E-state index contributed by atoms with van der Waals surface area (Å²) >= 11 is 0. The van der Waals surface area contributed by atoms with Crippen LogP contribution < -0.4 is 11.1 Å². The normalized spacial score (nSPS) is 13.5. The van der Waals surface area contributed by atoms with Crippen LogP contribution in [0.4, 0.5) is 0 Å². The van der Waals surface area contributed by atoms with Crippen molar-refractivity contribution in [1.29, 1.82) is 0 Å². The lowest BCUT2D eigenvalue weighted by Gasteiger charge is -2.10. The molecule has 2 nitrogen and oxygen atoms in total. The number of nitrogens with one attached hydrogen (secondary N) is 1. The minimum absolute atomic E-state index is 0.358. The van der Waals surface area contributed by atoms with Crippen LogP contribution in [0.1, 0.15) is 33.1 Å². The molecule has 0 aromatic heterocycles. The Morgan fingerprint density at radius 2 is 2.00 bits per heavy atom. The van der Waals surface area contributed by atoms with Crippen LogP contribution in [0, 0.1) is 0 Å². The largest absolute Gasteiger partial charge is 0.327 e. The molecule has 0 aromatic rings. The van der Waals surface area contributed by atoms with Gasteiger partial charge in [-0.05, 0) is 19.4 Å². The van der Waals surface area contributed by atoms with Gasteiger partial charge in [0.15, 0.2) is 0 Å². The molecular formula is C8H20N2. The lowest BCUT2D eigenvalue weighted by Crippen LogP contribution is -2.33. The van der Waals surface area contributed by atoms with Crippen LogP contribution in [-0.4, -0.2) is 19.1 Å². The van der Waals surface area contributed by atoms with E-state index in [1.54, 1.807) is 0 Å². The molecular weight excluding hydrogens is 124 g/mol. The van der Waals surface area contributed by atoms with Gasteiger partial charge in [0.05, 0.1) is 0 Å². The maximum atomic E-state index is 5.76. The summed E-state index contributed by atoms with van der Waals surface area (Å²) in [5, 5.41) is 3.29. The van der Waals surface area contributed by atoms with E-state index in [4.69, 9.17) is 5.73 Å². The molecule has 0 aliphatic carbocycles. The molecule has 0 radical (unpaired) electrons. The number of hydrogen-bond donors (Lipinski definition) is 2. The lowest BCUT2D eigenvalue weighted by atomic mass is 10.2. The zero-order chi connectivity index (χ0) is 7.82. The molecule has 3 N–H and O–H groups in total. The molecule has 0 aliphatic heterocycles. The predicted octanol–water partition coefficient (Wildman–Crippen LogP) is 1.11. The molecule has 0 spiro atoms. The molecule has 0 rings (SSSR count). The van der Waals surface area contributed by atoms with Gasteiger partial charge in [0.25, 0.3) is 0 Å². The first-order valence-corrected chi connectivity index (χ1v) is 4.27. The van der Waals surface area contributed by atoms with Gasteiger partial charge in [-0.1, -0.05) is 20.3 Å². The molecule has 0 saturated heterocycles. The first-order chi connectivity index (χ1) is 4.81. The summed E-state index contributed by atoms with van der Waals surface area (Å²) in [4.78, 5) is 0. The van der Waals surface area contributed by atoms with Crippen molar-refractivity contribution in [1.82, 2.24) is 5.32 Å². The van der Waals surface area contributed by atoms with E-state index in [1.807, 2.05) is 0 Å². The molecule has 62 valence electrons. The van der Waals surface area contributed by atoms with Crippen LogP contribution in [0.5, 0.6) is 0 Å². The minimum atomic E-state index is 0.358. The summed E-state index contributed by atoms with van der Waals surface area (Å²) in [6.45, 7) is 6.40. The summed E-state index contributed by atoms with van der Waals surface area (Å²) in [7, 11) is 0. The van der Waals surface area contributed by atoms with Gasteiger partial charge in [0, 0.05) is 12.6 Å². The molecule has 0 heterocycles. The fourth-order valence-corrected chi connectivity index (χ4v) is 0.937. The highest BCUT2D eigenvalue weighted by molar-refractivity contribution is 4.62. The Balaban J connectivity index is 2.97. The van der Waals surface area contributed by atoms with E-state index in [1.165, 1.54) is 12.8 Å². The maximum absolute atomic E-state index is 5.76. The molecule has 0 aliphatic rings. The average Bonchev–Trinajstić information content (AvgIpc) is 1.89. The Hall–Kier alpha value is -0.0800. The van der Waals surface area contributed by atoms with E-state index in [0.717, 1.165) is 19.5 Å². The topological polar surface area (TPSA) is 38.0 Å². The zero-order valence-corrected chi connectivity index (χ0v) is 7.19. The quantitative estimate of drug-likeness (QED) is 0.548. The van der Waals surface area contributed by atoms with Gasteiger partial charge >= 0.3 is 0 Å². The maximum Gasteiger partial charge on any atom is 0.0165 e. The van der Waals surface area contributed by atoms with E-state index in [0.29, 0.717) is 6.04 Å². The first kappa shape index (κ1) is 9.92. The highest BCUT2D eigenvalue weighted by atomic mass is 14.9. The highest BCUT2D eigenvalue weighted by Crippen LogP contribution is 1.90. The first-order valence-electron chi connectivity index (χ1n) is 4.27. The summed E-state index contributed by atoms with van der Waals surface area (Å²) in [6, 6.07) is 0.358. The average molecular weight is 144 g/mol. The zero-order valence-electron chi connectivity index (χ0n) is 7.19. The molecule has 0 amide bonds. The third-order valence-corrected chi connectivity index (χ3v) is 1.49. The van der Waals surface area contributed by atoms with Crippen molar-refractivity contribution in [2.75, 3.05) is 13.1 Å². The van der Waals surface area contributed by atoms with E-state index >= 15 is 0 Å². The van der Waals surface area contributed by atoms with Crippen LogP contribution in [-0.2, 0) is 0 Å². The summed E-state index contributed by atoms with van der Waals surface area (Å²) in [6.07, 6.45) is 3.52. The second-order valence-corrected chi connectivity index (χ2v) is 2.75. The van der Waals surface area contributed by atoms with Crippen molar-refractivity contribution < 1.29 is 0 Å². The van der Waals surface area contributed by atoms with Crippen molar-refractivity contribution in [2.45, 2.75) is 39.2 Å². The van der Waals surface area contributed by atoms with Crippen LogP contribution >= 0.6 is 0 Å². The number of hydrogen-bond acceptors (Lipinski definition) is 2. The Morgan fingerprint density at radius 3 is 2.50 bits per heavy atom. The van der Waals surface area contributed by atoms with Crippen LogP contribution in [0.3, 0.4) is 0 Å².